The van der Waals surface area contributed by atoms with E-state index in [2.05, 4.69) is 13.8 Å². The maximum Gasteiger partial charge on any atom is 0.261 e. The summed E-state index contributed by atoms with van der Waals surface area (Å²) in [6, 6.07) is 14.7. The van der Waals surface area contributed by atoms with E-state index in [1.165, 1.54) is 16.2 Å². The molecule has 5 aromatic rings. The smallest absolute Gasteiger partial charge is 0.261 e. The molecule has 0 N–H and O–H groups in total. The van der Waals surface area contributed by atoms with Crippen molar-refractivity contribution in [3.63, 3.8) is 0 Å². The average Bonchev–Trinajstić information content (AvgIpc) is 3.07. The van der Waals surface area contributed by atoms with Gasteiger partial charge in [-0.3, -0.25) is 29.0 Å². The molecule has 0 saturated heterocycles. The first-order chi connectivity index (χ1) is 22.9. The van der Waals surface area contributed by atoms with Gasteiger partial charge >= 0.3 is 0 Å². The monoisotopic (exact) mass is 642 g/mol. The van der Waals surface area contributed by atoms with Gasteiger partial charge in [-0.05, 0) is 109 Å². The maximum atomic E-state index is 14.2. The van der Waals surface area contributed by atoms with Crippen molar-refractivity contribution in [1.82, 2.24) is 9.80 Å². The minimum absolute atomic E-state index is 0.0502. The molecule has 2 unspecified atom stereocenters. The minimum Gasteiger partial charge on any atom is -0.370 e. The van der Waals surface area contributed by atoms with Crippen molar-refractivity contribution < 1.29 is 23.9 Å². The van der Waals surface area contributed by atoms with E-state index in [4.69, 9.17) is 4.74 Å². The molecule has 246 valence electrons. The second kappa shape index (κ2) is 10.8. The predicted molar refractivity (Wildman–Crippen MR) is 189 cm³/mol. The van der Waals surface area contributed by atoms with Gasteiger partial charge in [-0.25, -0.2) is 0 Å². The molecule has 0 aromatic heterocycles. The van der Waals surface area contributed by atoms with Gasteiger partial charge in [-0.2, -0.15) is 0 Å². The van der Waals surface area contributed by atoms with Crippen molar-refractivity contribution in [3.05, 3.63) is 70.8 Å². The van der Waals surface area contributed by atoms with Crippen LogP contribution in [0.4, 0.5) is 0 Å². The number of amides is 4. The van der Waals surface area contributed by atoms with E-state index in [9.17, 15) is 19.2 Å². The molecule has 0 radical (unpaired) electrons. The summed E-state index contributed by atoms with van der Waals surface area (Å²) in [6.45, 7) is 12.4. The Morgan fingerprint density at radius 3 is 1.46 bits per heavy atom. The van der Waals surface area contributed by atoms with Crippen LogP contribution >= 0.6 is 0 Å². The molecule has 4 amide bonds. The van der Waals surface area contributed by atoms with Crippen molar-refractivity contribution in [2.75, 3.05) is 6.54 Å². The molecule has 2 atom stereocenters. The number of fused-ring (bicyclic) bond motifs is 2. The zero-order chi connectivity index (χ0) is 33.8. The van der Waals surface area contributed by atoms with E-state index in [1.54, 1.807) is 0 Å². The van der Waals surface area contributed by atoms with Gasteiger partial charge in [-0.1, -0.05) is 57.4 Å². The van der Waals surface area contributed by atoms with Crippen molar-refractivity contribution in [1.29, 1.82) is 0 Å². The van der Waals surface area contributed by atoms with Gasteiger partial charge in [0.15, 0.2) is 0 Å². The van der Waals surface area contributed by atoms with Gasteiger partial charge in [0.1, 0.15) is 0 Å². The molecule has 48 heavy (non-hydrogen) atoms. The highest BCUT2D eigenvalue weighted by molar-refractivity contribution is 6.41. The number of carbonyl (C=O) groups is 4. The Labute approximate surface area is 280 Å². The molecule has 7 heteroatoms. The molecule has 8 rings (SSSR count). The third kappa shape index (κ3) is 4.29. The Bertz CT molecular complexity index is 2090. The molecule has 3 aliphatic rings. The van der Waals surface area contributed by atoms with Crippen LogP contribution in [0.1, 0.15) is 115 Å². The summed E-state index contributed by atoms with van der Waals surface area (Å²) in [6.07, 6.45) is 5.55. The Morgan fingerprint density at radius 2 is 1.04 bits per heavy atom. The standard InChI is InChI=1S/C41H42N2O5/c1-21(2)22(3)48-41(5,6)23(4)43-39(46)31-18-14-27-25-12-16-29-35-30(38(45)42(37(29)44)20-24-10-8-7-9-11-24)17-13-26(33(25)35)28-15-19-32(40(43)47)36(31)34(27)28/h12-19,21-24H,7-11,20H2,1-6H3. The third-order valence-corrected chi connectivity index (χ3v) is 11.7. The van der Waals surface area contributed by atoms with Gasteiger partial charge < -0.3 is 4.74 Å². The van der Waals surface area contributed by atoms with Crippen LogP contribution in [-0.4, -0.2) is 57.7 Å². The number of nitrogens with zero attached hydrogens (tertiary/aromatic N) is 2. The Balaban J connectivity index is 1.27. The first kappa shape index (κ1) is 30.9. The molecule has 1 aliphatic carbocycles. The summed E-state index contributed by atoms with van der Waals surface area (Å²) in [4.78, 5) is 59.2. The molecular formula is C41H42N2O5. The minimum atomic E-state index is -0.771. The second-order valence-corrected chi connectivity index (χ2v) is 15.2. The lowest BCUT2D eigenvalue weighted by Crippen LogP contribution is -2.56. The molecular weight excluding hydrogens is 600 g/mol. The maximum absolute atomic E-state index is 14.2. The van der Waals surface area contributed by atoms with Crippen molar-refractivity contribution >= 4 is 66.7 Å². The quantitative estimate of drug-likeness (QED) is 0.101. The fourth-order valence-corrected chi connectivity index (χ4v) is 8.51. The van der Waals surface area contributed by atoms with Gasteiger partial charge in [-0.15, -0.1) is 0 Å². The van der Waals surface area contributed by atoms with Gasteiger partial charge in [0.2, 0.25) is 0 Å². The molecule has 5 aromatic carbocycles. The van der Waals surface area contributed by atoms with Crippen LogP contribution in [-0.2, 0) is 4.74 Å². The highest BCUT2D eigenvalue weighted by atomic mass is 16.5. The highest BCUT2D eigenvalue weighted by Gasteiger charge is 2.44. The SMILES string of the molecule is CC(C)C(C)OC(C)(C)C(C)N1C(=O)c2ccc3c4ccc5c6c(ccc(c7ccc(c2c37)C1=O)c64)C(=O)N(CC1CCCCC1)C5=O. The fraction of sp³-hybridized carbons (Fsp3) is 0.415. The number of carbonyl (C=O) groups excluding carboxylic acids is 4. The largest absolute Gasteiger partial charge is 0.370 e. The highest BCUT2D eigenvalue weighted by Crippen LogP contribution is 2.47. The van der Waals surface area contributed by atoms with Crippen molar-refractivity contribution in [2.45, 2.75) is 91.4 Å². The Hall–Kier alpha value is -4.36. The number of hydrogen-bond acceptors (Lipinski definition) is 5. The summed E-state index contributed by atoms with van der Waals surface area (Å²) in [5.74, 6) is -0.480. The summed E-state index contributed by atoms with van der Waals surface area (Å²) in [5, 5.41) is 6.66. The second-order valence-electron chi connectivity index (χ2n) is 15.2. The van der Waals surface area contributed by atoms with E-state index in [0.29, 0.717) is 45.5 Å². The van der Waals surface area contributed by atoms with Crippen molar-refractivity contribution in [3.8, 4) is 0 Å². The van der Waals surface area contributed by atoms with Crippen LogP contribution in [0.2, 0.25) is 0 Å². The van der Waals surface area contributed by atoms with Crippen LogP contribution in [0.5, 0.6) is 0 Å². The lowest BCUT2D eigenvalue weighted by atomic mass is 9.81. The van der Waals surface area contributed by atoms with Crippen LogP contribution in [0.3, 0.4) is 0 Å². The molecule has 1 saturated carbocycles. The first-order valence-corrected chi connectivity index (χ1v) is 17.5. The number of ether oxygens (including phenoxy) is 1. The van der Waals surface area contributed by atoms with E-state index in [0.717, 1.165) is 58.0 Å². The fourth-order valence-electron chi connectivity index (χ4n) is 8.51. The van der Waals surface area contributed by atoms with E-state index in [-0.39, 0.29) is 35.7 Å². The first-order valence-electron chi connectivity index (χ1n) is 17.5. The summed E-state index contributed by atoms with van der Waals surface area (Å²) in [7, 11) is 0. The number of imide groups is 2. The normalized spacial score (nSPS) is 18.8. The topological polar surface area (TPSA) is 84.0 Å². The Kier molecular flexibility index (Phi) is 6.98. The molecule has 7 nitrogen and oxygen atoms in total. The zero-order valence-corrected chi connectivity index (χ0v) is 28.6. The zero-order valence-electron chi connectivity index (χ0n) is 28.6. The van der Waals surface area contributed by atoms with Crippen LogP contribution in [0.15, 0.2) is 48.5 Å². The van der Waals surface area contributed by atoms with E-state index in [1.807, 2.05) is 76.2 Å². The summed E-state index contributed by atoms with van der Waals surface area (Å²) < 4.78 is 6.40. The molecule has 0 spiro atoms. The van der Waals surface area contributed by atoms with Crippen LogP contribution < -0.4 is 0 Å². The number of hydrogen-bond donors (Lipinski definition) is 0. The summed E-state index contributed by atoms with van der Waals surface area (Å²) >= 11 is 0. The lowest BCUT2D eigenvalue weighted by molar-refractivity contribution is -0.110. The number of benzene rings is 5. The lowest BCUT2D eigenvalue weighted by Gasteiger charge is -2.42. The van der Waals surface area contributed by atoms with Gasteiger partial charge in [0.25, 0.3) is 23.6 Å². The molecule has 2 heterocycles. The van der Waals surface area contributed by atoms with Gasteiger partial charge in [0.05, 0.1) is 17.7 Å². The number of rotatable bonds is 7. The van der Waals surface area contributed by atoms with Crippen molar-refractivity contribution in [2.24, 2.45) is 11.8 Å². The average molecular weight is 643 g/mol. The van der Waals surface area contributed by atoms with Crippen LogP contribution in [0, 0.1) is 11.8 Å². The third-order valence-electron chi connectivity index (χ3n) is 11.7. The molecule has 2 aliphatic heterocycles. The Morgan fingerprint density at radius 1 is 0.625 bits per heavy atom. The molecule has 0 bridgehead atoms. The molecule has 1 fully saturated rings. The van der Waals surface area contributed by atoms with E-state index < -0.39 is 11.6 Å². The summed E-state index contributed by atoms with van der Waals surface area (Å²) in [5.41, 5.74) is 1.32. The van der Waals surface area contributed by atoms with Crippen LogP contribution in [0.25, 0.3) is 43.1 Å². The predicted octanol–water partition coefficient (Wildman–Crippen LogP) is 8.74. The van der Waals surface area contributed by atoms with Gasteiger partial charge in [0, 0.05) is 39.6 Å². The van der Waals surface area contributed by atoms with E-state index >= 15 is 0 Å².